The van der Waals surface area contributed by atoms with Crippen LogP contribution in [-0.2, 0) is 0 Å². The summed E-state index contributed by atoms with van der Waals surface area (Å²) in [6, 6.07) is 20.3. The van der Waals surface area contributed by atoms with Gasteiger partial charge in [-0.25, -0.2) is 10.4 Å². The number of carbonyl (C=O) groups excluding carboxylic acids is 1. The third-order valence-corrected chi connectivity index (χ3v) is 3.40. The van der Waals surface area contributed by atoms with E-state index in [1.807, 2.05) is 49.4 Å². The van der Waals surface area contributed by atoms with Crippen LogP contribution >= 0.6 is 0 Å². The Morgan fingerprint density at radius 1 is 1.08 bits per heavy atom. The zero-order valence-corrected chi connectivity index (χ0v) is 13.7. The van der Waals surface area contributed by atoms with Gasteiger partial charge in [-0.3, -0.25) is 4.79 Å². The topological polar surface area (TPSA) is 63.6 Å². The van der Waals surface area contributed by atoms with Crippen molar-refractivity contribution in [2.45, 2.75) is 6.92 Å². The van der Waals surface area contributed by atoms with Crippen LogP contribution in [0.25, 0.3) is 0 Å². The van der Waals surface area contributed by atoms with E-state index >= 15 is 0 Å². The Morgan fingerprint density at radius 3 is 2.72 bits per heavy atom. The largest absolute Gasteiger partial charge is 0.438 e. The monoisotopic (exact) mass is 331 g/mol. The van der Waals surface area contributed by atoms with Gasteiger partial charge >= 0.3 is 0 Å². The fourth-order valence-corrected chi connectivity index (χ4v) is 2.22. The number of amides is 1. The molecule has 1 aromatic heterocycles. The molecule has 1 amide bonds. The number of rotatable bonds is 5. The van der Waals surface area contributed by atoms with E-state index in [1.54, 1.807) is 36.7 Å². The highest BCUT2D eigenvalue weighted by Crippen LogP contribution is 2.22. The molecule has 124 valence electrons. The van der Waals surface area contributed by atoms with Crippen LogP contribution in [-0.4, -0.2) is 17.1 Å². The van der Waals surface area contributed by atoms with E-state index in [-0.39, 0.29) is 11.8 Å². The van der Waals surface area contributed by atoms with E-state index < -0.39 is 0 Å². The Labute approximate surface area is 146 Å². The van der Waals surface area contributed by atoms with Gasteiger partial charge in [-0.15, -0.1) is 0 Å². The first-order valence-electron chi connectivity index (χ1n) is 7.80. The second kappa shape index (κ2) is 7.88. The first-order valence-corrected chi connectivity index (χ1v) is 7.80. The molecule has 25 heavy (non-hydrogen) atoms. The molecule has 0 bridgehead atoms. The predicted octanol–water partition coefficient (Wildman–Crippen LogP) is 3.95. The molecule has 0 aliphatic rings. The molecule has 0 spiro atoms. The molecule has 0 fully saturated rings. The molecule has 1 N–H and O–H groups in total. The lowest BCUT2D eigenvalue weighted by Crippen LogP contribution is -2.18. The van der Waals surface area contributed by atoms with E-state index in [0.717, 1.165) is 11.1 Å². The fraction of sp³-hybridized carbons (Fsp3) is 0.0500. The van der Waals surface area contributed by atoms with Gasteiger partial charge < -0.3 is 4.74 Å². The van der Waals surface area contributed by atoms with Crippen LogP contribution in [0.4, 0.5) is 0 Å². The van der Waals surface area contributed by atoms with Crippen LogP contribution < -0.4 is 10.2 Å². The van der Waals surface area contributed by atoms with Crippen molar-refractivity contribution in [2.24, 2.45) is 5.10 Å². The Kier molecular flexibility index (Phi) is 5.16. The van der Waals surface area contributed by atoms with Crippen LogP contribution in [0.5, 0.6) is 11.6 Å². The molecule has 1 heterocycles. The summed E-state index contributed by atoms with van der Waals surface area (Å²) >= 11 is 0. The zero-order chi connectivity index (χ0) is 17.5. The number of hydrazone groups is 1. The minimum Gasteiger partial charge on any atom is -0.438 e. The highest BCUT2D eigenvalue weighted by molar-refractivity contribution is 5.97. The van der Waals surface area contributed by atoms with Gasteiger partial charge in [-0.2, -0.15) is 5.10 Å². The number of hydrogen-bond donors (Lipinski definition) is 1. The van der Waals surface area contributed by atoms with Crippen LogP contribution in [0, 0.1) is 6.92 Å². The average molecular weight is 331 g/mol. The number of carbonyl (C=O) groups is 1. The number of pyridine rings is 1. The second-order valence-electron chi connectivity index (χ2n) is 5.38. The van der Waals surface area contributed by atoms with Gasteiger partial charge in [-0.1, -0.05) is 48.0 Å². The number of nitrogens with one attached hydrogen (secondary N) is 1. The molecule has 0 saturated heterocycles. The molecule has 0 aliphatic heterocycles. The van der Waals surface area contributed by atoms with E-state index in [1.165, 1.54) is 0 Å². The van der Waals surface area contributed by atoms with Gasteiger partial charge in [-0.05, 0) is 36.8 Å². The number of ether oxygens (including phenoxy) is 1. The molecule has 3 aromatic rings. The molecule has 0 unspecified atom stereocenters. The van der Waals surface area contributed by atoms with Crippen molar-refractivity contribution in [3.63, 3.8) is 0 Å². The Morgan fingerprint density at radius 2 is 1.92 bits per heavy atom. The smallest absolute Gasteiger partial charge is 0.276 e. The zero-order valence-electron chi connectivity index (χ0n) is 13.7. The van der Waals surface area contributed by atoms with Crippen molar-refractivity contribution in [1.82, 2.24) is 10.4 Å². The molecule has 0 radical (unpaired) electrons. The highest BCUT2D eigenvalue weighted by Gasteiger charge is 2.13. The number of benzene rings is 2. The van der Waals surface area contributed by atoms with Gasteiger partial charge in [0.25, 0.3) is 5.91 Å². The molecular formula is C20H17N3O2. The standard InChI is InChI=1S/C20H17N3O2/c1-15-7-5-8-16(13-15)14-22-23-19(24)18-11-6-12-21-20(18)25-17-9-3-2-4-10-17/h2-14H,1H3,(H,23,24). The highest BCUT2D eigenvalue weighted by atomic mass is 16.5. The number of aryl methyl sites for hydroxylation is 1. The SMILES string of the molecule is Cc1cccc(C=NNC(=O)c2cccnc2Oc2ccccc2)c1. The summed E-state index contributed by atoms with van der Waals surface area (Å²) in [5.74, 6) is 0.457. The second-order valence-corrected chi connectivity index (χ2v) is 5.38. The molecule has 2 aromatic carbocycles. The normalized spacial score (nSPS) is 10.6. The maximum absolute atomic E-state index is 12.4. The first-order chi connectivity index (χ1) is 12.2. The maximum Gasteiger partial charge on any atom is 0.276 e. The molecule has 5 heteroatoms. The van der Waals surface area contributed by atoms with Gasteiger partial charge in [0.15, 0.2) is 0 Å². The molecule has 0 saturated carbocycles. The van der Waals surface area contributed by atoms with Crippen molar-refractivity contribution < 1.29 is 9.53 Å². The van der Waals surface area contributed by atoms with Crippen LogP contribution in [0.3, 0.4) is 0 Å². The number of aromatic nitrogens is 1. The van der Waals surface area contributed by atoms with Gasteiger partial charge in [0, 0.05) is 6.20 Å². The Balaban J connectivity index is 1.72. The van der Waals surface area contributed by atoms with Crippen molar-refractivity contribution in [1.29, 1.82) is 0 Å². The van der Waals surface area contributed by atoms with Crippen LogP contribution in [0.15, 0.2) is 78.0 Å². The Bertz CT molecular complexity index is 892. The third kappa shape index (κ3) is 4.51. The summed E-state index contributed by atoms with van der Waals surface area (Å²) in [6.07, 6.45) is 3.17. The van der Waals surface area contributed by atoms with Crippen molar-refractivity contribution in [3.05, 3.63) is 89.6 Å². The van der Waals surface area contributed by atoms with Crippen molar-refractivity contribution >= 4 is 12.1 Å². The fourth-order valence-electron chi connectivity index (χ4n) is 2.22. The predicted molar refractivity (Wildman–Crippen MR) is 97.0 cm³/mol. The average Bonchev–Trinajstić information content (AvgIpc) is 2.63. The van der Waals surface area contributed by atoms with E-state index in [4.69, 9.17) is 4.74 Å². The summed E-state index contributed by atoms with van der Waals surface area (Å²) in [5.41, 5.74) is 4.85. The van der Waals surface area contributed by atoms with Gasteiger partial charge in [0.2, 0.25) is 5.88 Å². The van der Waals surface area contributed by atoms with Gasteiger partial charge in [0.1, 0.15) is 11.3 Å². The number of para-hydroxylation sites is 1. The van der Waals surface area contributed by atoms with Crippen LogP contribution in [0.1, 0.15) is 21.5 Å². The summed E-state index contributed by atoms with van der Waals surface area (Å²) in [5, 5.41) is 4.00. The minimum atomic E-state index is -0.386. The Hall–Kier alpha value is -3.47. The van der Waals surface area contributed by atoms with E-state index in [2.05, 4.69) is 15.5 Å². The van der Waals surface area contributed by atoms with E-state index in [9.17, 15) is 4.79 Å². The lowest BCUT2D eigenvalue weighted by atomic mass is 10.2. The molecule has 0 aliphatic carbocycles. The maximum atomic E-state index is 12.4. The van der Waals surface area contributed by atoms with Crippen molar-refractivity contribution in [3.8, 4) is 11.6 Å². The quantitative estimate of drug-likeness (QED) is 0.569. The molecule has 5 nitrogen and oxygen atoms in total. The first kappa shape index (κ1) is 16.4. The summed E-state index contributed by atoms with van der Waals surface area (Å²) in [7, 11) is 0. The van der Waals surface area contributed by atoms with E-state index in [0.29, 0.717) is 11.3 Å². The molecular weight excluding hydrogens is 314 g/mol. The third-order valence-electron chi connectivity index (χ3n) is 3.40. The molecule has 0 atom stereocenters. The van der Waals surface area contributed by atoms with Crippen LogP contribution in [0.2, 0.25) is 0 Å². The summed E-state index contributed by atoms with van der Waals surface area (Å²) in [4.78, 5) is 16.5. The molecule has 3 rings (SSSR count). The lowest BCUT2D eigenvalue weighted by molar-refractivity contribution is 0.0952. The lowest BCUT2D eigenvalue weighted by Gasteiger charge is -2.08. The van der Waals surface area contributed by atoms with Crippen molar-refractivity contribution in [2.75, 3.05) is 0 Å². The summed E-state index contributed by atoms with van der Waals surface area (Å²) in [6.45, 7) is 2.00. The number of nitrogens with zero attached hydrogens (tertiary/aromatic N) is 2. The van der Waals surface area contributed by atoms with Gasteiger partial charge in [0.05, 0.1) is 6.21 Å². The summed E-state index contributed by atoms with van der Waals surface area (Å²) < 4.78 is 5.69. The number of hydrogen-bond acceptors (Lipinski definition) is 4. The minimum absolute atomic E-state index is 0.233.